The maximum Gasteiger partial charge on any atom is 0.118 e. The van der Waals surface area contributed by atoms with Crippen molar-refractivity contribution in [2.24, 2.45) is 0 Å². The number of phenolic OH excluding ortho intramolecular Hbond substituents is 1. The Morgan fingerprint density at radius 3 is 2.93 bits per heavy atom. The van der Waals surface area contributed by atoms with Gasteiger partial charge in [-0.15, -0.1) is 0 Å². The highest BCUT2D eigenvalue weighted by Crippen LogP contribution is 2.28. The third-order valence-electron chi connectivity index (χ3n) is 2.78. The van der Waals surface area contributed by atoms with E-state index in [2.05, 4.69) is 5.32 Å². The molecule has 1 fully saturated rings. The molecule has 1 aliphatic rings. The molecular formula is C11H14ClNO2. The Hall–Kier alpha value is -0.770. The van der Waals surface area contributed by atoms with E-state index in [1.165, 1.54) is 0 Å². The van der Waals surface area contributed by atoms with Crippen molar-refractivity contribution >= 4 is 11.6 Å². The second-order valence-electron chi connectivity index (χ2n) is 4.10. The van der Waals surface area contributed by atoms with Gasteiger partial charge in [-0.1, -0.05) is 11.6 Å². The second-order valence-corrected chi connectivity index (χ2v) is 4.54. The van der Waals surface area contributed by atoms with Crippen LogP contribution >= 0.6 is 11.6 Å². The Kier molecular flexibility index (Phi) is 2.87. The zero-order valence-electron chi connectivity index (χ0n) is 8.33. The van der Waals surface area contributed by atoms with Crippen LogP contribution in [0.3, 0.4) is 0 Å². The average molecular weight is 228 g/mol. The first kappa shape index (κ1) is 10.7. The van der Waals surface area contributed by atoms with Gasteiger partial charge in [0.25, 0.3) is 0 Å². The van der Waals surface area contributed by atoms with Crippen LogP contribution in [0.5, 0.6) is 5.75 Å². The molecule has 0 bridgehead atoms. The lowest BCUT2D eigenvalue weighted by molar-refractivity contribution is 0.0612. The molecular weight excluding hydrogens is 214 g/mol. The fraction of sp³-hybridized carbons (Fsp3) is 0.455. The van der Waals surface area contributed by atoms with E-state index in [0.29, 0.717) is 30.0 Å². The normalized spacial score (nSPS) is 25.7. The first-order valence-electron chi connectivity index (χ1n) is 5.00. The van der Waals surface area contributed by atoms with Gasteiger partial charge in [0.1, 0.15) is 5.75 Å². The smallest absolute Gasteiger partial charge is 0.118 e. The average Bonchev–Trinajstić information content (AvgIpc) is 2.59. The molecule has 82 valence electrons. The number of halogens is 1. The number of benzene rings is 1. The van der Waals surface area contributed by atoms with Crippen LogP contribution in [0.25, 0.3) is 0 Å². The topological polar surface area (TPSA) is 52.5 Å². The van der Waals surface area contributed by atoms with E-state index in [1.807, 2.05) is 0 Å². The fourth-order valence-electron chi connectivity index (χ4n) is 1.93. The second kappa shape index (κ2) is 4.00. The molecule has 1 saturated heterocycles. The van der Waals surface area contributed by atoms with Gasteiger partial charge in [-0.25, -0.2) is 0 Å². The summed E-state index contributed by atoms with van der Waals surface area (Å²) in [6.45, 7) is 1.39. The lowest BCUT2D eigenvalue weighted by Crippen LogP contribution is -2.33. The number of hydrogen-bond acceptors (Lipinski definition) is 3. The van der Waals surface area contributed by atoms with Crippen molar-refractivity contribution in [3.63, 3.8) is 0 Å². The third-order valence-corrected chi connectivity index (χ3v) is 3.02. The van der Waals surface area contributed by atoms with E-state index in [0.717, 1.165) is 6.54 Å². The maximum atomic E-state index is 10.1. The molecule has 15 heavy (non-hydrogen) atoms. The van der Waals surface area contributed by atoms with E-state index < -0.39 is 5.60 Å². The zero-order valence-corrected chi connectivity index (χ0v) is 9.09. The van der Waals surface area contributed by atoms with E-state index >= 15 is 0 Å². The highest BCUT2D eigenvalue weighted by atomic mass is 35.5. The highest BCUT2D eigenvalue weighted by Gasteiger charge is 2.31. The van der Waals surface area contributed by atoms with Crippen LogP contribution in [-0.2, 0) is 6.42 Å². The molecule has 1 aromatic carbocycles. The first-order valence-corrected chi connectivity index (χ1v) is 5.37. The Balaban J connectivity index is 2.19. The van der Waals surface area contributed by atoms with Gasteiger partial charge in [0.15, 0.2) is 0 Å². The molecule has 0 amide bonds. The summed E-state index contributed by atoms with van der Waals surface area (Å²) in [6.07, 6.45) is 1.14. The van der Waals surface area contributed by atoms with Gasteiger partial charge < -0.3 is 15.5 Å². The molecule has 0 spiro atoms. The monoisotopic (exact) mass is 227 g/mol. The minimum Gasteiger partial charge on any atom is -0.508 e. The maximum absolute atomic E-state index is 10.1. The Morgan fingerprint density at radius 1 is 1.47 bits per heavy atom. The van der Waals surface area contributed by atoms with Crippen molar-refractivity contribution in [2.45, 2.75) is 18.4 Å². The van der Waals surface area contributed by atoms with E-state index in [4.69, 9.17) is 11.6 Å². The van der Waals surface area contributed by atoms with Gasteiger partial charge in [0.2, 0.25) is 0 Å². The number of aromatic hydroxyl groups is 1. The van der Waals surface area contributed by atoms with Crippen molar-refractivity contribution in [2.75, 3.05) is 13.1 Å². The molecule has 1 atom stereocenters. The lowest BCUT2D eigenvalue weighted by Gasteiger charge is -2.21. The third kappa shape index (κ3) is 2.43. The number of aliphatic hydroxyl groups is 1. The number of nitrogens with one attached hydrogen (secondary N) is 1. The van der Waals surface area contributed by atoms with E-state index in [-0.39, 0.29) is 5.75 Å². The van der Waals surface area contributed by atoms with Crippen LogP contribution < -0.4 is 5.32 Å². The standard InChI is InChI=1S/C11H14ClNO2/c12-9-1-2-10(14)8(5-9)6-11(15)3-4-13-7-11/h1-2,5,13-15H,3-4,6-7H2. The van der Waals surface area contributed by atoms with Gasteiger partial charge in [-0.2, -0.15) is 0 Å². The number of phenols is 1. The van der Waals surface area contributed by atoms with Crippen LogP contribution in [-0.4, -0.2) is 28.9 Å². The summed E-state index contributed by atoms with van der Waals surface area (Å²) in [5.74, 6) is 0.194. The summed E-state index contributed by atoms with van der Waals surface area (Å²) in [7, 11) is 0. The molecule has 1 unspecified atom stereocenters. The lowest BCUT2D eigenvalue weighted by atomic mass is 9.93. The van der Waals surface area contributed by atoms with Gasteiger partial charge in [0, 0.05) is 18.0 Å². The van der Waals surface area contributed by atoms with E-state index in [9.17, 15) is 10.2 Å². The Labute approximate surface area is 93.7 Å². The summed E-state index contributed by atoms with van der Waals surface area (Å²) >= 11 is 5.84. The molecule has 3 nitrogen and oxygen atoms in total. The molecule has 2 rings (SSSR count). The Bertz CT molecular complexity index is 362. The zero-order chi connectivity index (χ0) is 10.9. The minimum atomic E-state index is -0.748. The summed E-state index contributed by atoms with van der Waals surface area (Å²) in [6, 6.07) is 4.90. The van der Waals surface area contributed by atoms with Crippen LogP contribution in [0.15, 0.2) is 18.2 Å². The fourth-order valence-corrected chi connectivity index (χ4v) is 2.13. The molecule has 3 N–H and O–H groups in total. The van der Waals surface area contributed by atoms with Crippen molar-refractivity contribution in [1.29, 1.82) is 0 Å². The van der Waals surface area contributed by atoms with Gasteiger partial charge in [-0.3, -0.25) is 0 Å². The summed E-state index contributed by atoms with van der Waals surface area (Å²) in [4.78, 5) is 0. The van der Waals surface area contributed by atoms with Crippen molar-refractivity contribution < 1.29 is 10.2 Å². The summed E-state index contributed by atoms with van der Waals surface area (Å²) < 4.78 is 0. The first-order chi connectivity index (χ1) is 7.09. The summed E-state index contributed by atoms with van der Waals surface area (Å²) in [5, 5.41) is 23.4. The molecule has 0 radical (unpaired) electrons. The molecule has 1 heterocycles. The largest absolute Gasteiger partial charge is 0.508 e. The van der Waals surface area contributed by atoms with Crippen LogP contribution in [0.1, 0.15) is 12.0 Å². The summed E-state index contributed by atoms with van der Waals surface area (Å²) in [5.41, 5.74) is -0.0454. The predicted molar refractivity (Wildman–Crippen MR) is 59.3 cm³/mol. The van der Waals surface area contributed by atoms with Gasteiger partial charge >= 0.3 is 0 Å². The molecule has 1 aliphatic heterocycles. The molecule has 4 heteroatoms. The Morgan fingerprint density at radius 2 is 2.27 bits per heavy atom. The highest BCUT2D eigenvalue weighted by molar-refractivity contribution is 6.30. The predicted octanol–water partition coefficient (Wildman–Crippen LogP) is 1.31. The number of β-amino-alcohol motifs (C(OH)–C–C–N with tert-alkyl or cyclic N) is 1. The van der Waals surface area contributed by atoms with Crippen molar-refractivity contribution in [3.05, 3.63) is 28.8 Å². The minimum absolute atomic E-state index is 0.194. The molecule has 0 aliphatic carbocycles. The van der Waals surface area contributed by atoms with Crippen LogP contribution in [0.2, 0.25) is 5.02 Å². The van der Waals surface area contributed by atoms with Crippen LogP contribution in [0, 0.1) is 0 Å². The number of rotatable bonds is 2. The molecule has 0 saturated carbocycles. The molecule has 0 aromatic heterocycles. The van der Waals surface area contributed by atoms with E-state index in [1.54, 1.807) is 18.2 Å². The van der Waals surface area contributed by atoms with Crippen molar-refractivity contribution in [1.82, 2.24) is 5.32 Å². The quantitative estimate of drug-likeness (QED) is 0.714. The van der Waals surface area contributed by atoms with Crippen LogP contribution in [0.4, 0.5) is 0 Å². The van der Waals surface area contributed by atoms with Gasteiger partial charge in [-0.05, 0) is 36.7 Å². The van der Waals surface area contributed by atoms with Crippen molar-refractivity contribution in [3.8, 4) is 5.75 Å². The SMILES string of the molecule is Oc1ccc(Cl)cc1CC1(O)CCNC1. The number of hydrogen-bond donors (Lipinski definition) is 3. The molecule has 1 aromatic rings. The van der Waals surface area contributed by atoms with Gasteiger partial charge in [0.05, 0.1) is 5.60 Å².